The first-order valence-corrected chi connectivity index (χ1v) is 10.1. The molecule has 0 amide bonds. The van der Waals surface area contributed by atoms with Crippen molar-refractivity contribution in [3.8, 4) is 0 Å². The predicted molar refractivity (Wildman–Crippen MR) is 88.2 cm³/mol. The highest BCUT2D eigenvalue weighted by atomic mass is 32.2. The van der Waals surface area contributed by atoms with E-state index in [1.165, 1.54) is 6.26 Å². The van der Waals surface area contributed by atoms with Crippen LogP contribution < -0.4 is 0 Å². The fourth-order valence-corrected chi connectivity index (χ4v) is 4.19. The molecule has 1 atom stereocenters. The quantitative estimate of drug-likeness (QED) is 0.820. The van der Waals surface area contributed by atoms with Gasteiger partial charge in [0.2, 0.25) is 0 Å². The molecular formula is C17H25NO4S. The number of hydrogen-bond donors (Lipinski definition) is 0. The third kappa shape index (κ3) is 3.94. The van der Waals surface area contributed by atoms with Crippen LogP contribution in [-0.4, -0.2) is 57.6 Å². The zero-order chi connectivity index (χ0) is 16.5. The molecule has 6 heteroatoms. The molecule has 0 unspecified atom stereocenters. The molecule has 128 valence electrons. The van der Waals surface area contributed by atoms with E-state index in [1.54, 1.807) is 12.1 Å². The van der Waals surface area contributed by atoms with Gasteiger partial charge in [0.05, 0.1) is 16.6 Å². The van der Waals surface area contributed by atoms with Crippen molar-refractivity contribution < 1.29 is 17.9 Å². The first-order valence-electron chi connectivity index (χ1n) is 8.17. The van der Waals surface area contributed by atoms with Crippen LogP contribution in [0.25, 0.3) is 0 Å². The number of rotatable bonds is 5. The summed E-state index contributed by atoms with van der Waals surface area (Å²) in [5, 5.41) is 0. The van der Waals surface area contributed by atoms with Gasteiger partial charge in [0.15, 0.2) is 9.84 Å². The highest BCUT2D eigenvalue weighted by Gasteiger charge is 2.47. The number of ether oxygens (including phenoxy) is 2. The number of sulfone groups is 1. The van der Waals surface area contributed by atoms with Gasteiger partial charge in [-0.05, 0) is 31.0 Å². The topological polar surface area (TPSA) is 55.8 Å². The van der Waals surface area contributed by atoms with E-state index in [0.717, 1.165) is 51.3 Å². The molecule has 3 rings (SSSR count). The van der Waals surface area contributed by atoms with Gasteiger partial charge in [0, 0.05) is 45.5 Å². The summed E-state index contributed by atoms with van der Waals surface area (Å²) in [4.78, 5) is 2.71. The molecule has 0 aliphatic carbocycles. The Balaban J connectivity index is 1.54. The van der Waals surface area contributed by atoms with Gasteiger partial charge < -0.3 is 9.47 Å². The zero-order valence-corrected chi connectivity index (χ0v) is 14.6. The van der Waals surface area contributed by atoms with Crippen LogP contribution in [0.3, 0.4) is 0 Å². The van der Waals surface area contributed by atoms with Gasteiger partial charge in [-0.3, -0.25) is 4.90 Å². The van der Waals surface area contributed by atoms with E-state index in [2.05, 4.69) is 4.90 Å². The van der Waals surface area contributed by atoms with Crippen LogP contribution in [-0.2, 0) is 25.9 Å². The molecule has 5 nitrogen and oxygen atoms in total. The Bertz CT molecular complexity index is 633. The molecule has 23 heavy (non-hydrogen) atoms. The average molecular weight is 339 g/mol. The minimum absolute atomic E-state index is 0.0369. The van der Waals surface area contributed by atoms with Gasteiger partial charge in [-0.25, -0.2) is 8.42 Å². The molecule has 0 N–H and O–H groups in total. The maximum Gasteiger partial charge on any atom is 0.175 e. The van der Waals surface area contributed by atoms with Crippen LogP contribution in [0.1, 0.15) is 25.3 Å². The van der Waals surface area contributed by atoms with Crippen molar-refractivity contribution in [1.82, 2.24) is 4.90 Å². The molecule has 1 aromatic rings. The normalized spacial score (nSPS) is 24.5. The molecule has 2 fully saturated rings. The summed E-state index contributed by atoms with van der Waals surface area (Å²) in [5.74, 6) is 0. The molecule has 2 saturated heterocycles. The van der Waals surface area contributed by atoms with E-state index in [9.17, 15) is 8.42 Å². The summed E-state index contributed by atoms with van der Waals surface area (Å²) in [6, 6.07) is 7.16. The van der Waals surface area contributed by atoms with Gasteiger partial charge in [-0.1, -0.05) is 12.1 Å². The molecule has 1 spiro atoms. The lowest BCUT2D eigenvalue weighted by molar-refractivity contribution is -0.198. The standard InChI is InChI=1S/C17H25NO4S/c1-3-21-15-8-9-22-17(10-15)12-18(13-17)11-14-4-6-16(7-5-14)23(2,19)20/h4-7,15H,3,8-13H2,1-2H3/t15-/m1/s1. The van der Waals surface area contributed by atoms with Crippen molar-refractivity contribution in [3.05, 3.63) is 29.8 Å². The summed E-state index contributed by atoms with van der Waals surface area (Å²) < 4.78 is 34.7. The van der Waals surface area contributed by atoms with Crippen molar-refractivity contribution in [2.45, 2.75) is 42.9 Å². The summed E-state index contributed by atoms with van der Waals surface area (Å²) >= 11 is 0. The number of likely N-dealkylation sites (tertiary alicyclic amines) is 1. The van der Waals surface area contributed by atoms with Gasteiger partial charge in [0.25, 0.3) is 0 Å². The monoisotopic (exact) mass is 339 g/mol. The maximum absolute atomic E-state index is 11.5. The molecule has 2 heterocycles. The van der Waals surface area contributed by atoms with Crippen molar-refractivity contribution in [2.24, 2.45) is 0 Å². The summed E-state index contributed by atoms with van der Waals surface area (Å²) in [7, 11) is -3.12. The number of nitrogens with zero attached hydrogens (tertiary/aromatic N) is 1. The summed E-state index contributed by atoms with van der Waals surface area (Å²) in [6.07, 6.45) is 3.52. The second kappa shape index (κ2) is 6.51. The third-order valence-corrected chi connectivity index (χ3v) is 5.76. The predicted octanol–water partition coefficient (Wildman–Crippen LogP) is 1.86. The minimum Gasteiger partial charge on any atom is -0.378 e. The molecule has 1 aromatic carbocycles. The molecule has 2 aliphatic rings. The zero-order valence-electron chi connectivity index (χ0n) is 13.8. The van der Waals surface area contributed by atoms with E-state index in [1.807, 2.05) is 19.1 Å². The van der Waals surface area contributed by atoms with Crippen LogP contribution in [0.5, 0.6) is 0 Å². The molecular weight excluding hydrogens is 314 g/mol. The lowest BCUT2D eigenvalue weighted by Crippen LogP contribution is -2.65. The Morgan fingerprint density at radius 2 is 2.00 bits per heavy atom. The van der Waals surface area contributed by atoms with Gasteiger partial charge >= 0.3 is 0 Å². The molecule has 2 aliphatic heterocycles. The van der Waals surface area contributed by atoms with Gasteiger partial charge in [-0.15, -0.1) is 0 Å². The van der Waals surface area contributed by atoms with Crippen LogP contribution in [0, 0.1) is 0 Å². The lowest BCUT2D eigenvalue weighted by atomic mass is 9.84. The van der Waals surface area contributed by atoms with Crippen molar-refractivity contribution in [3.63, 3.8) is 0 Å². The van der Waals surface area contributed by atoms with Crippen LogP contribution in [0.2, 0.25) is 0 Å². The van der Waals surface area contributed by atoms with Gasteiger partial charge in [-0.2, -0.15) is 0 Å². The minimum atomic E-state index is -3.12. The van der Waals surface area contributed by atoms with Crippen LogP contribution in [0.15, 0.2) is 29.2 Å². The molecule has 0 bridgehead atoms. The van der Waals surface area contributed by atoms with Crippen molar-refractivity contribution in [2.75, 3.05) is 32.6 Å². The Morgan fingerprint density at radius 1 is 1.30 bits per heavy atom. The first kappa shape index (κ1) is 16.9. The second-order valence-corrected chi connectivity index (χ2v) is 8.68. The van der Waals surface area contributed by atoms with E-state index >= 15 is 0 Å². The Kier molecular flexibility index (Phi) is 4.78. The SMILES string of the molecule is CCO[C@@H]1CCOC2(C1)CN(Cc1ccc(S(C)(=O)=O)cc1)C2. The molecule has 0 radical (unpaired) electrons. The van der Waals surface area contributed by atoms with E-state index in [-0.39, 0.29) is 5.60 Å². The van der Waals surface area contributed by atoms with E-state index < -0.39 is 9.84 Å². The highest BCUT2D eigenvalue weighted by Crippen LogP contribution is 2.36. The Labute approximate surface area is 138 Å². The Morgan fingerprint density at radius 3 is 2.61 bits per heavy atom. The van der Waals surface area contributed by atoms with Crippen molar-refractivity contribution in [1.29, 1.82) is 0 Å². The number of hydrogen-bond acceptors (Lipinski definition) is 5. The summed E-state index contributed by atoms with van der Waals surface area (Å²) in [5.41, 5.74) is 1.09. The number of benzene rings is 1. The highest BCUT2D eigenvalue weighted by molar-refractivity contribution is 7.90. The fraction of sp³-hybridized carbons (Fsp3) is 0.647. The van der Waals surface area contributed by atoms with Crippen LogP contribution in [0.4, 0.5) is 0 Å². The van der Waals surface area contributed by atoms with E-state index in [0.29, 0.717) is 11.0 Å². The smallest absolute Gasteiger partial charge is 0.175 e. The lowest BCUT2D eigenvalue weighted by Gasteiger charge is -2.53. The maximum atomic E-state index is 11.5. The van der Waals surface area contributed by atoms with Crippen molar-refractivity contribution >= 4 is 9.84 Å². The largest absolute Gasteiger partial charge is 0.378 e. The average Bonchev–Trinajstić information content (AvgIpc) is 2.46. The van der Waals surface area contributed by atoms with E-state index in [4.69, 9.17) is 9.47 Å². The third-order valence-electron chi connectivity index (χ3n) is 4.63. The fourth-order valence-electron chi connectivity index (χ4n) is 3.56. The van der Waals surface area contributed by atoms with Gasteiger partial charge in [0.1, 0.15) is 0 Å². The molecule has 0 aromatic heterocycles. The summed E-state index contributed by atoms with van der Waals surface area (Å²) in [6.45, 7) is 6.25. The Hall–Kier alpha value is -0.950. The first-order chi connectivity index (χ1) is 10.9. The molecule has 0 saturated carbocycles. The van der Waals surface area contributed by atoms with Crippen LogP contribution >= 0.6 is 0 Å². The second-order valence-electron chi connectivity index (χ2n) is 6.66.